The Labute approximate surface area is 230 Å². The summed E-state index contributed by atoms with van der Waals surface area (Å²) >= 11 is 1.10. The zero-order valence-corrected chi connectivity index (χ0v) is 22.4. The van der Waals surface area contributed by atoms with Crippen molar-refractivity contribution in [2.45, 2.75) is 19.9 Å². The molecule has 204 valence electrons. The van der Waals surface area contributed by atoms with Crippen LogP contribution in [0.2, 0.25) is 0 Å². The molecule has 5 rings (SSSR count). The summed E-state index contributed by atoms with van der Waals surface area (Å²) < 4.78 is 31.9. The number of hydrogen-bond donors (Lipinski definition) is 0. The third kappa shape index (κ3) is 4.84. The molecule has 0 amide bonds. The number of allylic oxidation sites excluding steroid dienone is 1. The SMILES string of the molecule is CCOC(=O)C1=C(C)N=c2sc(=Cc3ccc(-c4cc([N+](=O)[O-])ccc4OC)o3)c(=O)n2C1c1ccc(F)cc1. The minimum Gasteiger partial charge on any atom is -0.496 e. The van der Waals surface area contributed by atoms with Crippen molar-refractivity contribution in [3.05, 3.63) is 113 Å². The van der Waals surface area contributed by atoms with E-state index in [1.54, 1.807) is 26.0 Å². The number of thiazole rings is 1. The van der Waals surface area contributed by atoms with E-state index in [-0.39, 0.29) is 22.4 Å². The second-order valence-electron chi connectivity index (χ2n) is 8.70. The van der Waals surface area contributed by atoms with E-state index >= 15 is 0 Å². The fourth-order valence-corrected chi connectivity index (χ4v) is 5.49. The summed E-state index contributed by atoms with van der Waals surface area (Å²) in [6, 6.07) is 12.1. The van der Waals surface area contributed by atoms with Crippen LogP contribution in [0, 0.1) is 15.9 Å². The van der Waals surface area contributed by atoms with Gasteiger partial charge >= 0.3 is 5.97 Å². The van der Waals surface area contributed by atoms with Gasteiger partial charge in [-0.1, -0.05) is 23.5 Å². The molecule has 4 aromatic rings. The molecule has 1 aliphatic heterocycles. The molecule has 2 aromatic heterocycles. The topological polar surface area (TPSA) is 126 Å². The van der Waals surface area contributed by atoms with E-state index in [9.17, 15) is 24.1 Å². The molecule has 0 fully saturated rings. The normalized spacial score (nSPS) is 15.0. The maximum absolute atomic E-state index is 13.7. The number of methoxy groups -OCH3 is 1. The first kappa shape index (κ1) is 26.8. The third-order valence-corrected chi connectivity index (χ3v) is 7.25. The smallest absolute Gasteiger partial charge is 0.338 e. The molecule has 2 aromatic carbocycles. The number of non-ortho nitro benzene ring substituents is 1. The van der Waals surface area contributed by atoms with Gasteiger partial charge in [0.2, 0.25) is 0 Å². The van der Waals surface area contributed by atoms with Crippen molar-refractivity contribution in [3.63, 3.8) is 0 Å². The van der Waals surface area contributed by atoms with Crippen LogP contribution in [-0.4, -0.2) is 29.2 Å². The van der Waals surface area contributed by atoms with Gasteiger partial charge in [0.05, 0.1) is 46.0 Å². The van der Waals surface area contributed by atoms with E-state index in [1.807, 2.05) is 0 Å². The number of ether oxygens (including phenoxy) is 2. The zero-order valence-electron chi connectivity index (χ0n) is 21.5. The maximum atomic E-state index is 13.7. The number of furan rings is 1. The quantitative estimate of drug-likeness (QED) is 0.188. The van der Waals surface area contributed by atoms with Crippen molar-refractivity contribution in [2.24, 2.45) is 4.99 Å². The van der Waals surface area contributed by atoms with Gasteiger partial charge in [0.25, 0.3) is 11.2 Å². The summed E-state index contributed by atoms with van der Waals surface area (Å²) in [6.45, 7) is 3.47. The van der Waals surface area contributed by atoms with Crippen molar-refractivity contribution in [1.82, 2.24) is 4.57 Å². The summed E-state index contributed by atoms with van der Waals surface area (Å²) in [5, 5.41) is 11.3. The van der Waals surface area contributed by atoms with Gasteiger partial charge in [-0.05, 0) is 49.7 Å². The minimum absolute atomic E-state index is 0.129. The Kier molecular flexibility index (Phi) is 7.18. The Bertz CT molecular complexity index is 1850. The highest BCUT2D eigenvalue weighted by Crippen LogP contribution is 2.35. The second-order valence-corrected chi connectivity index (χ2v) is 9.71. The minimum atomic E-state index is -0.876. The zero-order chi connectivity index (χ0) is 28.6. The molecule has 0 spiro atoms. The summed E-state index contributed by atoms with van der Waals surface area (Å²) in [5.74, 6) is -0.0673. The van der Waals surface area contributed by atoms with Gasteiger partial charge in [-0.25, -0.2) is 14.2 Å². The molecule has 0 radical (unpaired) electrons. The molecule has 1 atom stereocenters. The number of rotatable bonds is 7. The van der Waals surface area contributed by atoms with Gasteiger partial charge in [-0.3, -0.25) is 19.5 Å². The van der Waals surface area contributed by atoms with E-state index in [4.69, 9.17) is 13.9 Å². The number of fused-ring (bicyclic) bond motifs is 1. The van der Waals surface area contributed by atoms with E-state index < -0.39 is 28.3 Å². The Morgan fingerprint density at radius 2 is 1.98 bits per heavy atom. The molecule has 0 N–H and O–H groups in total. The fourth-order valence-electron chi connectivity index (χ4n) is 4.46. The van der Waals surface area contributed by atoms with Crippen molar-refractivity contribution < 1.29 is 28.0 Å². The summed E-state index contributed by atoms with van der Waals surface area (Å²) in [5.41, 5.74) is 0.909. The molecular weight excluding hydrogens is 541 g/mol. The van der Waals surface area contributed by atoms with Crippen LogP contribution in [0.1, 0.15) is 31.2 Å². The third-order valence-electron chi connectivity index (χ3n) is 6.26. The van der Waals surface area contributed by atoms with Crippen LogP contribution in [0.5, 0.6) is 5.75 Å². The van der Waals surface area contributed by atoms with Crippen molar-refractivity contribution in [3.8, 4) is 17.1 Å². The monoisotopic (exact) mass is 563 g/mol. The van der Waals surface area contributed by atoms with Crippen LogP contribution in [0.4, 0.5) is 10.1 Å². The number of nitro groups is 1. The molecule has 12 heteroatoms. The Hall–Kier alpha value is -4.84. The summed E-state index contributed by atoms with van der Waals surface area (Å²) in [6.07, 6.45) is 1.53. The van der Waals surface area contributed by atoms with E-state index in [2.05, 4.69) is 4.99 Å². The lowest BCUT2D eigenvalue weighted by molar-refractivity contribution is -0.384. The number of carbonyl (C=O) groups excluding carboxylic acids is 1. The van der Waals surface area contributed by atoms with Gasteiger partial charge in [0, 0.05) is 18.2 Å². The first-order chi connectivity index (χ1) is 19.2. The molecule has 10 nitrogen and oxygen atoms in total. The molecule has 40 heavy (non-hydrogen) atoms. The van der Waals surface area contributed by atoms with Crippen molar-refractivity contribution >= 4 is 29.1 Å². The Morgan fingerprint density at radius 1 is 1.23 bits per heavy atom. The molecule has 0 saturated carbocycles. The van der Waals surface area contributed by atoms with Gasteiger partial charge in [0.15, 0.2) is 4.80 Å². The van der Waals surface area contributed by atoms with Crippen molar-refractivity contribution in [1.29, 1.82) is 0 Å². The number of nitrogens with zero attached hydrogens (tertiary/aromatic N) is 3. The van der Waals surface area contributed by atoms with Crippen LogP contribution in [-0.2, 0) is 9.53 Å². The van der Waals surface area contributed by atoms with Crippen LogP contribution < -0.4 is 19.6 Å². The lowest BCUT2D eigenvalue weighted by Gasteiger charge is -2.24. The first-order valence-electron chi connectivity index (χ1n) is 12.1. The number of halogens is 1. The molecule has 1 aliphatic rings. The standard InChI is InChI=1S/C28H22FN3O7S/c1-4-38-27(34)24-15(2)30-28-31(25(24)16-5-7-17(29)8-6-16)26(33)23(40-28)14-19-10-12-22(39-19)20-13-18(32(35)36)9-11-21(20)37-3/h5-14,25H,4H2,1-3H3. The average Bonchev–Trinajstić information content (AvgIpc) is 3.52. The van der Waals surface area contributed by atoms with Crippen LogP contribution >= 0.6 is 11.3 Å². The number of hydrogen-bond acceptors (Lipinski definition) is 9. The highest BCUT2D eigenvalue weighted by molar-refractivity contribution is 7.07. The number of benzene rings is 2. The van der Waals surface area contributed by atoms with Gasteiger partial charge in [-0.15, -0.1) is 0 Å². The van der Waals surface area contributed by atoms with E-state index in [0.717, 1.165) is 11.3 Å². The van der Waals surface area contributed by atoms with Crippen molar-refractivity contribution in [2.75, 3.05) is 13.7 Å². The number of esters is 1. The molecule has 1 unspecified atom stereocenters. The van der Waals surface area contributed by atoms with E-state index in [0.29, 0.717) is 38.9 Å². The predicted molar refractivity (Wildman–Crippen MR) is 144 cm³/mol. The molecule has 0 saturated heterocycles. The molecule has 3 heterocycles. The maximum Gasteiger partial charge on any atom is 0.338 e. The lowest BCUT2D eigenvalue weighted by atomic mass is 9.96. The van der Waals surface area contributed by atoms with Gasteiger partial charge < -0.3 is 13.9 Å². The summed E-state index contributed by atoms with van der Waals surface area (Å²) in [7, 11) is 1.44. The predicted octanol–water partition coefficient (Wildman–Crippen LogP) is 4.11. The number of nitro benzene ring substituents is 1. The second kappa shape index (κ2) is 10.7. The Balaban J connectivity index is 1.63. The first-order valence-corrected chi connectivity index (χ1v) is 12.9. The molecular formula is C28H22FN3O7S. The van der Waals surface area contributed by atoms with Crippen LogP contribution in [0.3, 0.4) is 0 Å². The van der Waals surface area contributed by atoms with Crippen LogP contribution in [0.25, 0.3) is 17.4 Å². The van der Waals surface area contributed by atoms with E-state index in [1.165, 1.54) is 60.2 Å². The van der Waals surface area contributed by atoms with Crippen LogP contribution in [0.15, 0.2) is 80.1 Å². The lowest BCUT2D eigenvalue weighted by Crippen LogP contribution is -2.39. The fraction of sp³-hybridized carbons (Fsp3) is 0.179. The van der Waals surface area contributed by atoms with Gasteiger partial charge in [-0.2, -0.15) is 0 Å². The highest BCUT2D eigenvalue weighted by atomic mass is 32.1. The highest BCUT2D eigenvalue weighted by Gasteiger charge is 2.33. The Morgan fingerprint density at radius 3 is 2.65 bits per heavy atom. The molecule has 0 bridgehead atoms. The average molecular weight is 564 g/mol. The largest absolute Gasteiger partial charge is 0.496 e. The molecule has 0 aliphatic carbocycles. The number of carbonyl (C=O) groups is 1. The summed E-state index contributed by atoms with van der Waals surface area (Å²) in [4.78, 5) is 42.2. The number of aromatic nitrogens is 1. The van der Waals surface area contributed by atoms with Gasteiger partial charge in [0.1, 0.15) is 23.1 Å².